The van der Waals surface area contributed by atoms with Crippen molar-refractivity contribution in [1.29, 1.82) is 0 Å². The smallest absolute Gasteiger partial charge is 0.320 e. The van der Waals surface area contributed by atoms with Crippen molar-refractivity contribution in [3.63, 3.8) is 0 Å². The Bertz CT molecular complexity index is 614. The zero-order chi connectivity index (χ0) is 17.9. The molecule has 1 aromatic heterocycles. The average Bonchev–Trinajstić information content (AvgIpc) is 2.82. The minimum absolute atomic E-state index is 0.0262. The van der Waals surface area contributed by atoms with Crippen molar-refractivity contribution in [2.75, 3.05) is 46.4 Å². The molecule has 1 aliphatic carbocycles. The van der Waals surface area contributed by atoms with E-state index in [9.17, 15) is 4.79 Å². The van der Waals surface area contributed by atoms with Crippen molar-refractivity contribution in [2.45, 2.75) is 37.8 Å². The van der Waals surface area contributed by atoms with E-state index < -0.39 is 0 Å². The first-order chi connectivity index (χ1) is 12.7. The monoisotopic (exact) mass is 360 g/mol. The summed E-state index contributed by atoms with van der Waals surface area (Å²) in [6, 6.07) is 4.55. The van der Waals surface area contributed by atoms with Gasteiger partial charge in [-0.15, -0.1) is 0 Å². The normalized spacial score (nSPS) is 22.3. The lowest BCUT2D eigenvalue weighted by atomic mass is 9.91. The van der Waals surface area contributed by atoms with Crippen molar-refractivity contribution < 1.29 is 14.3 Å². The highest BCUT2D eigenvalue weighted by atomic mass is 16.5. The van der Waals surface area contributed by atoms with E-state index in [-0.39, 0.29) is 12.1 Å². The van der Waals surface area contributed by atoms with Gasteiger partial charge in [0.1, 0.15) is 11.9 Å². The molecule has 2 saturated heterocycles. The Kier molecular flexibility index (Phi) is 5.15. The summed E-state index contributed by atoms with van der Waals surface area (Å²) in [7, 11) is 1.61. The number of aromatic nitrogens is 1. The summed E-state index contributed by atoms with van der Waals surface area (Å²) >= 11 is 0. The predicted octanol–water partition coefficient (Wildman–Crippen LogP) is 1.83. The number of hydrogen-bond donors (Lipinski definition) is 0. The van der Waals surface area contributed by atoms with E-state index in [2.05, 4.69) is 9.88 Å². The highest BCUT2D eigenvalue weighted by Crippen LogP contribution is 2.26. The Morgan fingerprint density at radius 3 is 2.58 bits per heavy atom. The maximum atomic E-state index is 12.7. The first-order valence-electron chi connectivity index (χ1n) is 9.67. The van der Waals surface area contributed by atoms with Gasteiger partial charge in [0.25, 0.3) is 0 Å². The van der Waals surface area contributed by atoms with Crippen molar-refractivity contribution in [2.24, 2.45) is 0 Å². The number of amides is 2. The zero-order valence-electron chi connectivity index (χ0n) is 15.5. The lowest BCUT2D eigenvalue weighted by molar-refractivity contribution is 0.0282. The van der Waals surface area contributed by atoms with Crippen LogP contribution in [0.15, 0.2) is 18.3 Å². The maximum absolute atomic E-state index is 12.7. The number of hydrogen-bond acceptors (Lipinski definition) is 5. The maximum Gasteiger partial charge on any atom is 0.320 e. The third kappa shape index (κ3) is 3.72. The average molecular weight is 360 g/mol. The lowest BCUT2D eigenvalue weighted by Gasteiger charge is -2.41. The Morgan fingerprint density at radius 1 is 1.08 bits per heavy atom. The summed E-state index contributed by atoms with van der Waals surface area (Å²) in [5.74, 6) is 1.29. The van der Waals surface area contributed by atoms with Crippen molar-refractivity contribution in [3.8, 4) is 11.6 Å². The van der Waals surface area contributed by atoms with Crippen LogP contribution in [-0.2, 0) is 0 Å². The summed E-state index contributed by atoms with van der Waals surface area (Å²) in [5.41, 5.74) is 0. The predicted molar refractivity (Wildman–Crippen MR) is 97.6 cm³/mol. The van der Waals surface area contributed by atoms with Gasteiger partial charge in [0.2, 0.25) is 5.88 Å². The van der Waals surface area contributed by atoms with Gasteiger partial charge in [-0.3, -0.25) is 4.90 Å². The van der Waals surface area contributed by atoms with Gasteiger partial charge in [-0.05, 0) is 25.3 Å². The Morgan fingerprint density at radius 2 is 1.92 bits per heavy atom. The van der Waals surface area contributed by atoms with E-state index in [1.807, 2.05) is 15.9 Å². The second-order valence-corrected chi connectivity index (χ2v) is 7.42. The number of rotatable bonds is 4. The largest absolute Gasteiger partial charge is 0.495 e. The fourth-order valence-corrected chi connectivity index (χ4v) is 3.84. The summed E-state index contributed by atoms with van der Waals surface area (Å²) in [6.45, 7) is 5.12. The van der Waals surface area contributed by atoms with E-state index in [0.717, 1.165) is 38.6 Å². The van der Waals surface area contributed by atoms with Gasteiger partial charge in [-0.1, -0.05) is 6.42 Å². The molecular formula is C19H28N4O3. The molecule has 0 unspecified atom stereocenters. The molecule has 0 aromatic carbocycles. The number of pyridine rings is 1. The number of urea groups is 1. The van der Waals surface area contributed by atoms with Crippen LogP contribution in [0.1, 0.15) is 25.7 Å². The van der Waals surface area contributed by atoms with Crippen LogP contribution in [0.3, 0.4) is 0 Å². The fraction of sp³-hybridized carbons (Fsp3) is 0.684. The third-order valence-corrected chi connectivity index (χ3v) is 5.74. The second-order valence-electron chi connectivity index (χ2n) is 7.42. The molecule has 26 heavy (non-hydrogen) atoms. The number of carbonyl (C=O) groups excluding carboxylic acids is 1. The van der Waals surface area contributed by atoms with Gasteiger partial charge in [-0.2, -0.15) is 0 Å². The van der Waals surface area contributed by atoms with Crippen molar-refractivity contribution in [3.05, 3.63) is 18.3 Å². The van der Waals surface area contributed by atoms with E-state index in [4.69, 9.17) is 9.47 Å². The van der Waals surface area contributed by atoms with E-state index in [0.29, 0.717) is 24.7 Å². The van der Waals surface area contributed by atoms with Gasteiger partial charge < -0.3 is 19.3 Å². The Labute approximate surface area is 154 Å². The van der Waals surface area contributed by atoms with Gasteiger partial charge in [0, 0.05) is 38.3 Å². The molecule has 1 saturated carbocycles. The fourth-order valence-electron chi connectivity index (χ4n) is 3.84. The van der Waals surface area contributed by atoms with Crippen LogP contribution >= 0.6 is 0 Å². The van der Waals surface area contributed by atoms with E-state index in [1.54, 1.807) is 19.4 Å². The molecular weight excluding hydrogens is 332 g/mol. The molecule has 0 spiro atoms. The van der Waals surface area contributed by atoms with E-state index in [1.165, 1.54) is 19.3 Å². The molecule has 3 aliphatic rings. The summed E-state index contributed by atoms with van der Waals surface area (Å²) in [6.07, 6.45) is 6.77. The molecule has 0 atom stereocenters. The molecule has 142 valence electrons. The van der Waals surface area contributed by atoms with Gasteiger partial charge in [0.05, 0.1) is 26.4 Å². The molecule has 2 amide bonds. The molecule has 1 aromatic rings. The number of ether oxygens (including phenoxy) is 2. The summed E-state index contributed by atoms with van der Waals surface area (Å²) < 4.78 is 10.9. The molecule has 2 aliphatic heterocycles. The molecule has 3 fully saturated rings. The second kappa shape index (κ2) is 7.70. The third-order valence-electron chi connectivity index (χ3n) is 5.74. The standard InChI is InChI=1S/C19H28N4O3/c1-25-16-6-7-18(20-12-16)26-17-13-23(14-17)19(24)22-9-3-8-21(10-11-22)15-4-2-5-15/h6-7,12,15,17H,2-5,8-11,13-14H2,1H3. The highest BCUT2D eigenvalue weighted by molar-refractivity contribution is 5.75. The molecule has 4 rings (SSSR count). The quantitative estimate of drug-likeness (QED) is 0.820. The lowest BCUT2D eigenvalue weighted by Crippen LogP contribution is -2.60. The summed E-state index contributed by atoms with van der Waals surface area (Å²) in [4.78, 5) is 23.4. The molecule has 3 heterocycles. The van der Waals surface area contributed by atoms with Crippen molar-refractivity contribution >= 4 is 6.03 Å². The molecule has 0 radical (unpaired) electrons. The van der Waals surface area contributed by atoms with Crippen LogP contribution in [0, 0.1) is 0 Å². The van der Waals surface area contributed by atoms with Crippen LogP contribution in [-0.4, -0.2) is 84.2 Å². The van der Waals surface area contributed by atoms with E-state index >= 15 is 0 Å². The minimum Gasteiger partial charge on any atom is -0.495 e. The number of nitrogens with zero attached hydrogens (tertiary/aromatic N) is 4. The first-order valence-corrected chi connectivity index (χ1v) is 9.67. The number of carbonyl (C=O) groups is 1. The first kappa shape index (κ1) is 17.4. The van der Waals surface area contributed by atoms with Crippen molar-refractivity contribution in [1.82, 2.24) is 19.7 Å². The van der Waals surface area contributed by atoms with Crippen LogP contribution in [0.25, 0.3) is 0 Å². The minimum atomic E-state index is 0.0262. The van der Waals surface area contributed by atoms with Gasteiger partial charge in [-0.25, -0.2) is 9.78 Å². The van der Waals surface area contributed by atoms with Crippen LogP contribution in [0.2, 0.25) is 0 Å². The van der Waals surface area contributed by atoms with Gasteiger partial charge in [0.15, 0.2) is 0 Å². The highest BCUT2D eigenvalue weighted by Gasteiger charge is 2.36. The summed E-state index contributed by atoms with van der Waals surface area (Å²) in [5, 5.41) is 0. The number of likely N-dealkylation sites (tertiary alicyclic amines) is 1. The number of methoxy groups -OCH3 is 1. The molecule has 7 nitrogen and oxygen atoms in total. The molecule has 0 bridgehead atoms. The zero-order valence-corrected chi connectivity index (χ0v) is 15.5. The van der Waals surface area contributed by atoms with Crippen LogP contribution in [0.5, 0.6) is 11.6 Å². The van der Waals surface area contributed by atoms with Gasteiger partial charge >= 0.3 is 6.03 Å². The SMILES string of the molecule is COc1ccc(OC2CN(C(=O)N3CCCN(C4CCC4)CC3)C2)nc1. The topological polar surface area (TPSA) is 58.1 Å². The van der Waals surface area contributed by atoms with Crippen LogP contribution in [0.4, 0.5) is 4.79 Å². The van der Waals surface area contributed by atoms with Crippen LogP contribution < -0.4 is 9.47 Å². The Balaban J connectivity index is 1.22. The molecule has 0 N–H and O–H groups in total. The molecule has 7 heteroatoms. The Hall–Kier alpha value is -2.02.